The number of rotatable bonds is 5. The van der Waals surface area contributed by atoms with Crippen LogP contribution in [0, 0.1) is 0 Å². The Morgan fingerprint density at radius 3 is 2.37 bits per heavy atom. The van der Waals surface area contributed by atoms with Gasteiger partial charge < -0.3 is 15.2 Å². The molecule has 0 aliphatic heterocycles. The van der Waals surface area contributed by atoms with Gasteiger partial charge in [0, 0.05) is 18.4 Å². The molecular weight excluding hydrogens is 240 g/mol. The van der Waals surface area contributed by atoms with Crippen LogP contribution in [0.3, 0.4) is 0 Å². The minimum Gasteiger partial charge on any atom is -0.493 e. The molecule has 2 aromatic rings. The van der Waals surface area contributed by atoms with Crippen LogP contribution in [0.25, 0.3) is 0 Å². The maximum Gasteiger partial charge on any atom is 0.161 e. The van der Waals surface area contributed by atoms with Gasteiger partial charge in [0.05, 0.1) is 14.2 Å². The van der Waals surface area contributed by atoms with Crippen molar-refractivity contribution >= 4 is 0 Å². The fraction of sp³-hybridized carbons (Fsp3) is 0.267. The number of benzene rings is 1. The van der Waals surface area contributed by atoms with E-state index in [4.69, 9.17) is 15.2 Å². The van der Waals surface area contributed by atoms with Crippen LogP contribution in [0.15, 0.2) is 42.7 Å². The number of hydrogen-bond acceptors (Lipinski definition) is 4. The molecule has 4 heteroatoms. The second-order valence-electron chi connectivity index (χ2n) is 4.28. The van der Waals surface area contributed by atoms with Gasteiger partial charge in [-0.2, -0.15) is 0 Å². The number of nitrogens with two attached hydrogens (primary N) is 1. The third-order valence-electron chi connectivity index (χ3n) is 3.04. The van der Waals surface area contributed by atoms with Gasteiger partial charge in [-0.15, -0.1) is 0 Å². The Bertz CT molecular complexity index is 529. The smallest absolute Gasteiger partial charge is 0.161 e. The van der Waals surface area contributed by atoms with Crippen LogP contribution in [0.1, 0.15) is 17.2 Å². The second-order valence-corrected chi connectivity index (χ2v) is 4.28. The van der Waals surface area contributed by atoms with E-state index < -0.39 is 0 Å². The lowest BCUT2D eigenvalue weighted by molar-refractivity contribution is 0.354. The highest BCUT2D eigenvalue weighted by molar-refractivity contribution is 5.44. The fourth-order valence-electron chi connectivity index (χ4n) is 1.97. The Kier molecular flexibility index (Phi) is 4.36. The maximum absolute atomic E-state index is 6.23. The Hall–Kier alpha value is -2.07. The summed E-state index contributed by atoms with van der Waals surface area (Å²) < 4.78 is 10.5. The predicted molar refractivity (Wildman–Crippen MR) is 74.4 cm³/mol. The molecule has 100 valence electrons. The SMILES string of the molecule is COc1ccc([C@H](N)Cc2ccncc2)cc1OC. The summed E-state index contributed by atoms with van der Waals surface area (Å²) in [4.78, 5) is 4.00. The third kappa shape index (κ3) is 3.23. The van der Waals surface area contributed by atoms with Crippen LogP contribution in [-0.4, -0.2) is 19.2 Å². The Morgan fingerprint density at radius 1 is 1.05 bits per heavy atom. The van der Waals surface area contributed by atoms with Crippen molar-refractivity contribution in [2.45, 2.75) is 12.5 Å². The van der Waals surface area contributed by atoms with Crippen LogP contribution in [0.5, 0.6) is 11.5 Å². The van der Waals surface area contributed by atoms with Crippen molar-refractivity contribution < 1.29 is 9.47 Å². The van der Waals surface area contributed by atoms with Crippen molar-refractivity contribution in [1.82, 2.24) is 4.98 Å². The van der Waals surface area contributed by atoms with Gasteiger partial charge in [-0.25, -0.2) is 0 Å². The van der Waals surface area contributed by atoms with Crippen molar-refractivity contribution in [2.75, 3.05) is 14.2 Å². The highest BCUT2D eigenvalue weighted by atomic mass is 16.5. The van der Waals surface area contributed by atoms with Crippen molar-refractivity contribution in [2.24, 2.45) is 5.73 Å². The van der Waals surface area contributed by atoms with Crippen molar-refractivity contribution in [3.63, 3.8) is 0 Å². The first-order valence-corrected chi connectivity index (χ1v) is 6.11. The van der Waals surface area contributed by atoms with Gasteiger partial charge in [-0.3, -0.25) is 4.98 Å². The molecule has 1 aromatic heterocycles. The minimum absolute atomic E-state index is 0.0813. The molecule has 2 rings (SSSR count). The highest BCUT2D eigenvalue weighted by Gasteiger charge is 2.11. The first-order chi connectivity index (χ1) is 9.24. The van der Waals surface area contributed by atoms with Crippen LogP contribution in [0.2, 0.25) is 0 Å². The zero-order valence-electron chi connectivity index (χ0n) is 11.2. The van der Waals surface area contributed by atoms with E-state index in [-0.39, 0.29) is 6.04 Å². The average molecular weight is 258 g/mol. The fourth-order valence-corrected chi connectivity index (χ4v) is 1.97. The molecule has 0 fully saturated rings. The van der Waals surface area contributed by atoms with Crippen LogP contribution >= 0.6 is 0 Å². The summed E-state index contributed by atoms with van der Waals surface area (Å²) in [7, 11) is 3.24. The largest absolute Gasteiger partial charge is 0.493 e. The molecule has 1 aromatic carbocycles. The molecule has 0 radical (unpaired) electrons. The normalized spacial score (nSPS) is 11.9. The van der Waals surface area contributed by atoms with E-state index in [1.807, 2.05) is 30.3 Å². The molecule has 0 amide bonds. The predicted octanol–water partition coefficient (Wildman–Crippen LogP) is 2.34. The lowest BCUT2D eigenvalue weighted by Gasteiger charge is -2.15. The molecule has 19 heavy (non-hydrogen) atoms. The first kappa shape index (κ1) is 13.4. The second kappa shape index (κ2) is 6.20. The van der Waals surface area contributed by atoms with E-state index >= 15 is 0 Å². The summed E-state index contributed by atoms with van der Waals surface area (Å²) in [6, 6.07) is 9.63. The quantitative estimate of drug-likeness (QED) is 0.894. The summed E-state index contributed by atoms with van der Waals surface area (Å²) in [5, 5.41) is 0. The van der Waals surface area contributed by atoms with Crippen molar-refractivity contribution in [1.29, 1.82) is 0 Å². The number of ether oxygens (including phenoxy) is 2. The van der Waals surface area contributed by atoms with Gasteiger partial charge >= 0.3 is 0 Å². The van der Waals surface area contributed by atoms with Crippen LogP contribution in [-0.2, 0) is 6.42 Å². The Morgan fingerprint density at radius 2 is 1.74 bits per heavy atom. The minimum atomic E-state index is -0.0813. The van der Waals surface area contributed by atoms with E-state index in [0.29, 0.717) is 11.5 Å². The molecule has 1 heterocycles. The number of pyridine rings is 1. The summed E-state index contributed by atoms with van der Waals surface area (Å²) >= 11 is 0. The van der Waals surface area contributed by atoms with Gasteiger partial charge in [-0.1, -0.05) is 6.07 Å². The monoisotopic (exact) mass is 258 g/mol. The zero-order valence-corrected chi connectivity index (χ0v) is 11.2. The molecule has 1 atom stereocenters. The van der Waals surface area contributed by atoms with E-state index in [1.165, 1.54) is 0 Å². The molecule has 4 nitrogen and oxygen atoms in total. The summed E-state index contributed by atoms with van der Waals surface area (Å²) in [5.74, 6) is 1.41. The molecule has 0 aliphatic carbocycles. The van der Waals surface area contributed by atoms with Crippen LogP contribution in [0.4, 0.5) is 0 Å². The van der Waals surface area contributed by atoms with Gasteiger partial charge in [0.2, 0.25) is 0 Å². The number of methoxy groups -OCH3 is 2. The molecule has 2 N–H and O–H groups in total. The van der Waals surface area contributed by atoms with Crippen molar-refractivity contribution in [3.8, 4) is 11.5 Å². The zero-order chi connectivity index (χ0) is 13.7. The van der Waals surface area contributed by atoms with Gasteiger partial charge in [0.25, 0.3) is 0 Å². The lowest BCUT2D eigenvalue weighted by Crippen LogP contribution is -2.13. The molecule has 0 unspecified atom stereocenters. The number of aromatic nitrogens is 1. The third-order valence-corrected chi connectivity index (χ3v) is 3.04. The summed E-state index contributed by atoms with van der Waals surface area (Å²) in [5.41, 5.74) is 8.41. The van der Waals surface area contributed by atoms with E-state index in [1.54, 1.807) is 26.6 Å². The first-order valence-electron chi connectivity index (χ1n) is 6.11. The molecule has 0 saturated heterocycles. The topological polar surface area (TPSA) is 57.4 Å². The molecule has 0 bridgehead atoms. The maximum atomic E-state index is 6.23. The van der Waals surface area contributed by atoms with E-state index in [0.717, 1.165) is 17.5 Å². The molecule has 0 spiro atoms. The number of hydrogen-bond donors (Lipinski definition) is 1. The highest BCUT2D eigenvalue weighted by Crippen LogP contribution is 2.30. The van der Waals surface area contributed by atoms with Crippen molar-refractivity contribution in [3.05, 3.63) is 53.9 Å². The van der Waals surface area contributed by atoms with Gasteiger partial charge in [-0.05, 0) is 41.8 Å². The van der Waals surface area contributed by atoms with E-state index in [2.05, 4.69) is 4.98 Å². The standard InChI is InChI=1S/C15H18N2O2/c1-18-14-4-3-12(10-15(14)19-2)13(16)9-11-5-7-17-8-6-11/h3-8,10,13H,9,16H2,1-2H3/t13-/m1/s1. The summed E-state index contributed by atoms with van der Waals surface area (Å²) in [6.45, 7) is 0. The number of nitrogens with zero attached hydrogens (tertiary/aromatic N) is 1. The molecular formula is C15H18N2O2. The van der Waals surface area contributed by atoms with Crippen LogP contribution < -0.4 is 15.2 Å². The Balaban J connectivity index is 2.17. The Labute approximate surface area is 113 Å². The summed E-state index contributed by atoms with van der Waals surface area (Å²) in [6.07, 6.45) is 4.31. The lowest BCUT2D eigenvalue weighted by atomic mass is 10.00. The molecule has 0 aliphatic rings. The van der Waals surface area contributed by atoms with Gasteiger partial charge in [0.1, 0.15) is 0 Å². The van der Waals surface area contributed by atoms with Gasteiger partial charge in [0.15, 0.2) is 11.5 Å². The molecule has 0 saturated carbocycles. The average Bonchev–Trinajstić information content (AvgIpc) is 2.47. The van der Waals surface area contributed by atoms with E-state index in [9.17, 15) is 0 Å².